The zero-order valence-electron chi connectivity index (χ0n) is 8.73. The molecular formula is C11H14F3N. The molecule has 1 nitrogen and oxygen atoms in total. The van der Waals surface area contributed by atoms with E-state index >= 15 is 0 Å². The molecule has 1 aromatic carbocycles. The van der Waals surface area contributed by atoms with Gasteiger partial charge in [0.2, 0.25) is 0 Å². The van der Waals surface area contributed by atoms with Crippen molar-refractivity contribution in [3.63, 3.8) is 0 Å². The molecule has 0 radical (unpaired) electrons. The first kappa shape index (κ1) is 12.0. The van der Waals surface area contributed by atoms with Crippen LogP contribution in [0.3, 0.4) is 0 Å². The molecule has 0 aliphatic carbocycles. The van der Waals surface area contributed by atoms with Gasteiger partial charge in [0.05, 0.1) is 5.56 Å². The Morgan fingerprint density at radius 3 is 2.33 bits per heavy atom. The van der Waals surface area contributed by atoms with Crippen LogP contribution in [-0.4, -0.2) is 0 Å². The second-order valence-corrected chi connectivity index (χ2v) is 3.55. The maximum absolute atomic E-state index is 12.4. The first-order valence-electron chi connectivity index (χ1n) is 4.81. The van der Waals surface area contributed by atoms with Crippen LogP contribution in [0.1, 0.15) is 36.6 Å². The summed E-state index contributed by atoms with van der Waals surface area (Å²) in [6.07, 6.45) is -3.72. The van der Waals surface area contributed by atoms with Crippen LogP contribution in [-0.2, 0) is 12.6 Å². The number of hydrogen-bond donors (Lipinski definition) is 1. The van der Waals surface area contributed by atoms with Crippen molar-refractivity contribution in [3.8, 4) is 0 Å². The highest BCUT2D eigenvalue weighted by Crippen LogP contribution is 2.31. The van der Waals surface area contributed by atoms with Crippen molar-refractivity contribution in [2.45, 2.75) is 32.5 Å². The third-order valence-corrected chi connectivity index (χ3v) is 2.34. The van der Waals surface area contributed by atoms with E-state index in [1.54, 1.807) is 6.92 Å². The van der Waals surface area contributed by atoms with Gasteiger partial charge in [-0.2, -0.15) is 13.2 Å². The quantitative estimate of drug-likeness (QED) is 0.808. The van der Waals surface area contributed by atoms with Crippen LogP contribution in [0.5, 0.6) is 0 Å². The predicted molar refractivity (Wildman–Crippen MR) is 53.4 cm³/mol. The van der Waals surface area contributed by atoms with Gasteiger partial charge in [0, 0.05) is 6.04 Å². The average molecular weight is 217 g/mol. The van der Waals surface area contributed by atoms with Crippen LogP contribution in [0.15, 0.2) is 18.2 Å². The molecule has 1 atom stereocenters. The predicted octanol–water partition coefficient (Wildman–Crippen LogP) is 3.29. The number of nitrogens with two attached hydrogens (primary N) is 1. The minimum atomic E-state index is -4.28. The summed E-state index contributed by atoms with van der Waals surface area (Å²) >= 11 is 0. The molecule has 4 heteroatoms. The van der Waals surface area contributed by atoms with Crippen molar-refractivity contribution in [1.29, 1.82) is 0 Å². The smallest absolute Gasteiger partial charge is 0.324 e. The van der Waals surface area contributed by atoms with Crippen molar-refractivity contribution in [2.24, 2.45) is 5.73 Å². The van der Waals surface area contributed by atoms with Gasteiger partial charge in [-0.3, -0.25) is 0 Å². The molecule has 0 fully saturated rings. The molecular weight excluding hydrogens is 203 g/mol. The van der Waals surface area contributed by atoms with Gasteiger partial charge in [-0.1, -0.05) is 13.0 Å². The monoisotopic (exact) mass is 217 g/mol. The summed E-state index contributed by atoms with van der Waals surface area (Å²) in [5.74, 6) is 0. The number of alkyl halides is 3. The lowest BCUT2D eigenvalue weighted by atomic mass is 9.97. The van der Waals surface area contributed by atoms with E-state index in [-0.39, 0.29) is 6.04 Å². The van der Waals surface area contributed by atoms with Gasteiger partial charge in [-0.25, -0.2) is 0 Å². The molecule has 1 aromatic rings. The molecule has 15 heavy (non-hydrogen) atoms. The van der Waals surface area contributed by atoms with Crippen molar-refractivity contribution < 1.29 is 13.2 Å². The second kappa shape index (κ2) is 4.23. The lowest BCUT2D eigenvalue weighted by Crippen LogP contribution is -2.11. The van der Waals surface area contributed by atoms with E-state index in [0.29, 0.717) is 12.0 Å². The number of rotatable bonds is 2. The largest absolute Gasteiger partial charge is 0.416 e. The zero-order valence-corrected chi connectivity index (χ0v) is 8.73. The first-order valence-corrected chi connectivity index (χ1v) is 4.81. The molecule has 0 aliphatic heterocycles. The van der Waals surface area contributed by atoms with E-state index in [4.69, 9.17) is 5.73 Å². The SMILES string of the molecule is CCc1cc(C(F)(F)F)ccc1C(C)N. The summed E-state index contributed by atoms with van der Waals surface area (Å²) in [7, 11) is 0. The summed E-state index contributed by atoms with van der Waals surface area (Å²) in [6.45, 7) is 3.59. The minimum absolute atomic E-state index is 0.234. The van der Waals surface area contributed by atoms with Gasteiger partial charge in [-0.15, -0.1) is 0 Å². The molecule has 0 aromatic heterocycles. The molecule has 0 aliphatic rings. The molecule has 0 saturated heterocycles. The van der Waals surface area contributed by atoms with Gasteiger partial charge in [0.25, 0.3) is 0 Å². The fourth-order valence-electron chi connectivity index (χ4n) is 1.53. The van der Waals surface area contributed by atoms with E-state index in [9.17, 15) is 13.2 Å². The fraction of sp³-hybridized carbons (Fsp3) is 0.455. The van der Waals surface area contributed by atoms with Crippen LogP contribution < -0.4 is 5.73 Å². The standard InChI is InChI=1S/C11H14F3N/c1-3-8-6-9(11(12,13)14)4-5-10(8)7(2)15/h4-7H,3,15H2,1-2H3. The zero-order chi connectivity index (χ0) is 11.6. The van der Waals surface area contributed by atoms with Crippen LogP contribution in [0.2, 0.25) is 0 Å². The highest BCUT2D eigenvalue weighted by atomic mass is 19.4. The van der Waals surface area contributed by atoms with Crippen LogP contribution in [0.4, 0.5) is 13.2 Å². The van der Waals surface area contributed by atoms with Crippen molar-refractivity contribution in [1.82, 2.24) is 0 Å². The molecule has 0 saturated carbocycles. The Balaban J connectivity index is 3.19. The van der Waals surface area contributed by atoms with Gasteiger partial charge in [-0.05, 0) is 36.6 Å². The fourth-order valence-corrected chi connectivity index (χ4v) is 1.53. The Morgan fingerprint density at radius 2 is 1.93 bits per heavy atom. The Morgan fingerprint density at radius 1 is 1.33 bits per heavy atom. The Hall–Kier alpha value is -1.03. The van der Waals surface area contributed by atoms with E-state index in [0.717, 1.165) is 11.6 Å². The molecule has 0 amide bonds. The van der Waals surface area contributed by atoms with Crippen molar-refractivity contribution in [3.05, 3.63) is 34.9 Å². The lowest BCUT2D eigenvalue weighted by molar-refractivity contribution is -0.137. The Bertz CT molecular complexity index is 342. The van der Waals surface area contributed by atoms with Crippen LogP contribution >= 0.6 is 0 Å². The molecule has 1 rings (SSSR count). The van der Waals surface area contributed by atoms with E-state index in [1.165, 1.54) is 12.1 Å². The third-order valence-electron chi connectivity index (χ3n) is 2.34. The highest BCUT2D eigenvalue weighted by molar-refractivity contribution is 5.35. The summed E-state index contributed by atoms with van der Waals surface area (Å²) < 4.78 is 37.2. The second-order valence-electron chi connectivity index (χ2n) is 3.55. The average Bonchev–Trinajstić information content (AvgIpc) is 2.15. The number of aryl methyl sites for hydroxylation is 1. The highest BCUT2D eigenvalue weighted by Gasteiger charge is 2.30. The van der Waals surface area contributed by atoms with E-state index in [1.807, 2.05) is 6.92 Å². The molecule has 0 bridgehead atoms. The first-order chi connectivity index (χ1) is 6.86. The summed E-state index contributed by atoms with van der Waals surface area (Å²) in [5, 5.41) is 0. The lowest BCUT2D eigenvalue weighted by Gasteiger charge is -2.14. The van der Waals surface area contributed by atoms with Crippen LogP contribution in [0.25, 0.3) is 0 Å². The van der Waals surface area contributed by atoms with Gasteiger partial charge >= 0.3 is 6.18 Å². The van der Waals surface area contributed by atoms with Crippen LogP contribution in [0, 0.1) is 0 Å². The maximum atomic E-state index is 12.4. The van der Waals surface area contributed by atoms with Gasteiger partial charge in [0.15, 0.2) is 0 Å². The topological polar surface area (TPSA) is 26.0 Å². The summed E-state index contributed by atoms with van der Waals surface area (Å²) in [5.41, 5.74) is 6.51. The molecule has 0 spiro atoms. The molecule has 84 valence electrons. The van der Waals surface area contributed by atoms with Crippen molar-refractivity contribution >= 4 is 0 Å². The number of halogens is 3. The summed E-state index contributed by atoms with van der Waals surface area (Å²) in [6, 6.07) is 3.49. The van der Waals surface area contributed by atoms with E-state index < -0.39 is 11.7 Å². The molecule has 0 heterocycles. The minimum Gasteiger partial charge on any atom is -0.324 e. The Labute approximate surface area is 87.1 Å². The normalized spacial score (nSPS) is 14.0. The molecule has 1 unspecified atom stereocenters. The van der Waals surface area contributed by atoms with Gasteiger partial charge in [0.1, 0.15) is 0 Å². The van der Waals surface area contributed by atoms with Gasteiger partial charge < -0.3 is 5.73 Å². The molecule has 2 N–H and O–H groups in total. The third kappa shape index (κ3) is 2.72. The Kier molecular flexibility index (Phi) is 3.39. The van der Waals surface area contributed by atoms with Crippen molar-refractivity contribution in [2.75, 3.05) is 0 Å². The summed E-state index contributed by atoms with van der Waals surface area (Å²) in [4.78, 5) is 0. The van der Waals surface area contributed by atoms with E-state index in [2.05, 4.69) is 0 Å². The number of hydrogen-bond acceptors (Lipinski definition) is 1. The maximum Gasteiger partial charge on any atom is 0.416 e. The number of benzene rings is 1.